The number of para-hydroxylation sites is 1. The standard InChI is InChI=1S/C18H15F3N6O2S/c19-18(20,21)13-3-1-2-4-14(13)23-15(29)10-30-17-24-16(26-27-17)25-22-9-11-5-7-12(28)8-6-11/h1-9,28H,10H2,(H,23,29)(H2,24,25,26,27)/b22-9-. The van der Waals surface area contributed by atoms with Crippen LogP contribution in [0.5, 0.6) is 5.75 Å². The highest BCUT2D eigenvalue weighted by Gasteiger charge is 2.33. The van der Waals surface area contributed by atoms with E-state index >= 15 is 0 Å². The zero-order valence-corrected chi connectivity index (χ0v) is 16.0. The number of phenols is 1. The van der Waals surface area contributed by atoms with Crippen LogP contribution in [0, 0.1) is 0 Å². The highest BCUT2D eigenvalue weighted by molar-refractivity contribution is 7.99. The van der Waals surface area contributed by atoms with Gasteiger partial charge in [0.05, 0.1) is 23.2 Å². The number of hydrazone groups is 1. The molecule has 0 fully saturated rings. The first-order valence-electron chi connectivity index (χ1n) is 8.40. The molecule has 12 heteroatoms. The number of alkyl halides is 3. The van der Waals surface area contributed by atoms with Crippen molar-refractivity contribution in [3.05, 3.63) is 59.7 Å². The van der Waals surface area contributed by atoms with Crippen molar-refractivity contribution < 1.29 is 23.1 Å². The van der Waals surface area contributed by atoms with E-state index in [9.17, 15) is 23.1 Å². The van der Waals surface area contributed by atoms with Crippen LogP contribution in [0.2, 0.25) is 0 Å². The van der Waals surface area contributed by atoms with Gasteiger partial charge in [0.1, 0.15) is 5.75 Å². The predicted molar refractivity (Wildman–Crippen MR) is 107 cm³/mol. The number of thioether (sulfide) groups is 1. The lowest BCUT2D eigenvalue weighted by Crippen LogP contribution is -2.18. The molecule has 0 atom stereocenters. The van der Waals surface area contributed by atoms with Gasteiger partial charge in [-0.15, -0.1) is 5.10 Å². The van der Waals surface area contributed by atoms with E-state index in [2.05, 4.69) is 31.0 Å². The van der Waals surface area contributed by atoms with Gasteiger partial charge in [0.15, 0.2) is 0 Å². The van der Waals surface area contributed by atoms with Gasteiger partial charge < -0.3 is 10.4 Å². The Morgan fingerprint density at radius 1 is 1.20 bits per heavy atom. The molecule has 2 aromatic carbocycles. The summed E-state index contributed by atoms with van der Waals surface area (Å²) in [6.07, 6.45) is -3.07. The largest absolute Gasteiger partial charge is 0.508 e. The Balaban J connectivity index is 1.51. The monoisotopic (exact) mass is 436 g/mol. The Kier molecular flexibility index (Phi) is 6.57. The van der Waals surface area contributed by atoms with Gasteiger partial charge in [-0.05, 0) is 42.0 Å². The van der Waals surface area contributed by atoms with Gasteiger partial charge in [-0.25, -0.2) is 10.5 Å². The van der Waals surface area contributed by atoms with Gasteiger partial charge in [0.2, 0.25) is 17.0 Å². The van der Waals surface area contributed by atoms with Gasteiger partial charge in [0, 0.05) is 0 Å². The molecule has 0 bridgehead atoms. The van der Waals surface area contributed by atoms with Crippen molar-refractivity contribution in [2.75, 3.05) is 16.5 Å². The summed E-state index contributed by atoms with van der Waals surface area (Å²) in [5.41, 5.74) is 2.13. The fourth-order valence-electron chi connectivity index (χ4n) is 2.25. The Hall–Kier alpha value is -3.54. The number of amides is 1. The molecule has 0 aliphatic carbocycles. The molecular weight excluding hydrogens is 421 g/mol. The first kappa shape index (κ1) is 21.2. The van der Waals surface area contributed by atoms with E-state index in [0.717, 1.165) is 23.4 Å². The summed E-state index contributed by atoms with van der Waals surface area (Å²) in [6, 6.07) is 11.1. The maximum Gasteiger partial charge on any atom is 0.418 e. The van der Waals surface area contributed by atoms with E-state index in [0.29, 0.717) is 0 Å². The number of carbonyl (C=O) groups is 1. The van der Waals surface area contributed by atoms with E-state index in [-0.39, 0.29) is 28.3 Å². The molecule has 1 heterocycles. The van der Waals surface area contributed by atoms with Crippen LogP contribution in [-0.4, -0.2) is 38.2 Å². The Bertz CT molecular complexity index is 1040. The first-order chi connectivity index (χ1) is 14.3. The van der Waals surface area contributed by atoms with Crippen LogP contribution < -0.4 is 10.7 Å². The average Bonchev–Trinajstić information content (AvgIpc) is 3.15. The number of nitrogens with one attached hydrogen (secondary N) is 3. The van der Waals surface area contributed by atoms with Crippen LogP contribution in [0.4, 0.5) is 24.8 Å². The second-order valence-electron chi connectivity index (χ2n) is 5.81. The molecule has 3 rings (SSSR count). The van der Waals surface area contributed by atoms with Crippen molar-refractivity contribution in [1.29, 1.82) is 0 Å². The van der Waals surface area contributed by atoms with Crippen LogP contribution in [0.3, 0.4) is 0 Å². The fourth-order valence-corrected chi connectivity index (χ4v) is 2.84. The maximum absolute atomic E-state index is 13.0. The topological polar surface area (TPSA) is 115 Å². The smallest absolute Gasteiger partial charge is 0.418 e. The summed E-state index contributed by atoms with van der Waals surface area (Å²) in [7, 11) is 0. The number of phenolic OH excluding ortho intramolecular Hbond substituents is 1. The normalized spacial score (nSPS) is 11.6. The number of aromatic hydroxyl groups is 1. The number of halogens is 3. The molecule has 0 saturated carbocycles. The average molecular weight is 436 g/mol. The molecule has 8 nitrogen and oxygen atoms in total. The number of anilines is 2. The Labute approximate surface area is 172 Å². The molecular formula is C18H15F3N6O2S. The van der Waals surface area contributed by atoms with E-state index in [1.165, 1.54) is 36.5 Å². The summed E-state index contributed by atoms with van der Waals surface area (Å²) >= 11 is 0.947. The van der Waals surface area contributed by atoms with Crippen molar-refractivity contribution in [3.8, 4) is 5.75 Å². The molecule has 1 amide bonds. The van der Waals surface area contributed by atoms with Gasteiger partial charge in [0.25, 0.3) is 0 Å². The molecule has 3 aromatic rings. The third-order valence-corrected chi connectivity index (χ3v) is 4.43. The van der Waals surface area contributed by atoms with Crippen molar-refractivity contribution in [2.24, 2.45) is 5.10 Å². The second kappa shape index (κ2) is 9.31. The molecule has 0 radical (unpaired) electrons. The molecule has 30 heavy (non-hydrogen) atoms. The van der Waals surface area contributed by atoms with Crippen molar-refractivity contribution >= 4 is 35.5 Å². The van der Waals surface area contributed by atoms with E-state index in [4.69, 9.17) is 0 Å². The number of nitrogens with zero attached hydrogens (tertiary/aromatic N) is 3. The molecule has 156 valence electrons. The van der Waals surface area contributed by atoms with E-state index < -0.39 is 17.6 Å². The fraction of sp³-hybridized carbons (Fsp3) is 0.111. The van der Waals surface area contributed by atoms with Crippen LogP contribution in [0.25, 0.3) is 0 Å². The minimum absolute atomic E-state index is 0.142. The maximum atomic E-state index is 13.0. The molecule has 0 unspecified atom stereocenters. The van der Waals surface area contributed by atoms with Gasteiger partial charge in [-0.2, -0.15) is 23.3 Å². The summed E-state index contributed by atoms with van der Waals surface area (Å²) in [5, 5.41) is 22.1. The number of hydrogen-bond donors (Lipinski definition) is 4. The van der Waals surface area contributed by atoms with Crippen LogP contribution >= 0.6 is 11.8 Å². The van der Waals surface area contributed by atoms with Crippen molar-refractivity contribution in [1.82, 2.24) is 15.2 Å². The lowest BCUT2D eigenvalue weighted by molar-refractivity contribution is -0.137. The molecule has 0 saturated heterocycles. The SMILES string of the molecule is O=C(CSc1n[nH]c(N/N=C\c2ccc(O)cc2)n1)Nc1ccccc1C(F)(F)F. The molecule has 1 aromatic heterocycles. The quantitative estimate of drug-likeness (QED) is 0.255. The first-order valence-corrected chi connectivity index (χ1v) is 9.39. The van der Waals surface area contributed by atoms with Crippen LogP contribution in [0.1, 0.15) is 11.1 Å². The third kappa shape index (κ3) is 5.98. The van der Waals surface area contributed by atoms with Gasteiger partial charge in [-0.1, -0.05) is 23.9 Å². The summed E-state index contributed by atoms with van der Waals surface area (Å²) in [5.74, 6) is -0.445. The highest BCUT2D eigenvalue weighted by Crippen LogP contribution is 2.34. The van der Waals surface area contributed by atoms with E-state index in [1.54, 1.807) is 12.1 Å². The Morgan fingerprint density at radius 2 is 1.93 bits per heavy atom. The number of H-pyrrole nitrogens is 1. The summed E-state index contributed by atoms with van der Waals surface area (Å²) < 4.78 is 38.9. The zero-order chi connectivity index (χ0) is 21.6. The Morgan fingerprint density at radius 3 is 2.67 bits per heavy atom. The van der Waals surface area contributed by atoms with E-state index in [1.807, 2.05) is 0 Å². The molecule has 0 aliphatic rings. The number of carbonyl (C=O) groups excluding carboxylic acids is 1. The van der Waals surface area contributed by atoms with Crippen molar-refractivity contribution in [2.45, 2.75) is 11.3 Å². The number of rotatable bonds is 7. The predicted octanol–water partition coefficient (Wildman–Crippen LogP) is 3.71. The minimum atomic E-state index is -4.57. The third-order valence-electron chi connectivity index (χ3n) is 3.58. The molecule has 0 spiro atoms. The number of aromatic amines is 1. The lowest BCUT2D eigenvalue weighted by atomic mass is 10.1. The second-order valence-corrected chi connectivity index (χ2v) is 6.75. The summed E-state index contributed by atoms with van der Waals surface area (Å²) in [4.78, 5) is 16.1. The molecule has 4 N–H and O–H groups in total. The molecule has 0 aliphatic heterocycles. The number of benzene rings is 2. The number of hydrogen-bond acceptors (Lipinski definition) is 7. The highest BCUT2D eigenvalue weighted by atomic mass is 32.2. The van der Waals surface area contributed by atoms with Gasteiger partial charge >= 0.3 is 6.18 Å². The van der Waals surface area contributed by atoms with Crippen LogP contribution in [0.15, 0.2) is 58.8 Å². The minimum Gasteiger partial charge on any atom is -0.508 e. The number of aromatic nitrogens is 3. The summed E-state index contributed by atoms with van der Waals surface area (Å²) in [6.45, 7) is 0. The zero-order valence-electron chi connectivity index (χ0n) is 15.1. The van der Waals surface area contributed by atoms with Gasteiger partial charge in [-0.3, -0.25) is 4.79 Å². The lowest BCUT2D eigenvalue weighted by Gasteiger charge is -2.13. The van der Waals surface area contributed by atoms with Crippen molar-refractivity contribution in [3.63, 3.8) is 0 Å². The van der Waals surface area contributed by atoms with Crippen LogP contribution in [-0.2, 0) is 11.0 Å².